The van der Waals surface area contributed by atoms with Gasteiger partial charge in [0, 0.05) is 28.8 Å². The lowest BCUT2D eigenvalue weighted by Crippen LogP contribution is -2.55. The van der Waals surface area contributed by atoms with Crippen LogP contribution in [0.5, 0.6) is 0 Å². The van der Waals surface area contributed by atoms with E-state index in [4.69, 9.17) is 5.11 Å². The predicted molar refractivity (Wildman–Crippen MR) is 114 cm³/mol. The number of rotatable bonds is 4. The third kappa shape index (κ3) is 3.72. The van der Waals surface area contributed by atoms with Crippen LogP contribution in [-0.4, -0.2) is 46.1 Å². The van der Waals surface area contributed by atoms with Crippen LogP contribution in [0, 0.1) is 5.82 Å². The van der Waals surface area contributed by atoms with Crippen molar-refractivity contribution in [1.82, 2.24) is 9.88 Å². The largest absolute Gasteiger partial charge is 0.465 e. The van der Waals surface area contributed by atoms with Crippen molar-refractivity contribution < 1.29 is 19.1 Å². The van der Waals surface area contributed by atoms with E-state index in [1.807, 2.05) is 17.0 Å². The van der Waals surface area contributed by atoms with Crippen LogP contribution in [0.4, 0.5) is 26.4 Å². The summed E-state index contributed by atoms with van der Waals surface area (Å²) >= 11 is 3.36. The first-order chi connectivity index (χ1) is 14.3. The number of hydrogen-bond donors (Lipinski definition) is 4. The number of carboxylic acid groups (broad SMARTS) is 1. The SMILES string of the molecule is CC1(N2CCC[C@@H](Nc3ccc(Br)cn3)C2)C(=O)Nc2c(NC(=O)O)cc(F)cc21. The summed E-state index contributed by atoms with van der Waals surface area (Å²) in [5.74, 6) is -0.171. The van der Waals surface area contributed by atoms with Gasteiger partial charge in [-0.25, -0.2) is 14.2 Å². The van der Waals surface area contributed by atoms with E-state index in [2.05, 4.69) is 36.9 Å². The van der Waals surface area contributed by atoms with E-state index < -0.39 is 17.4 Å². The Morgan fingerprint density at radius 3 is 2.93 bits per heavy atom. The number of halogens is 2. The van der Waals surface area contributed by atoms with Gasteiger partial charge in [-0.05, 0) is 66.5 Å². The molecule has 30 heavy (non-hydrogen) atoms. The summed E-state index contributed by atoms with van der Waals surface area (Å²) in [5.41, 5.74) is -0.352. The summed E-state index contributed by atoms with van der Waals surface area (Å²) in [6.07, 6.45) is 2.15. The van der Waals surface area contributed by atoms with Crippen LogP contribution in [0.15, 0.2) is 34.9 Å². The second-order valence-electron chi connectivity index (χ2n) is 7.62. The Balaban J connectivity index is 1.62. The molecule has 2 aliphatic heterocycles. The van der Waals surface area contributed by atoms with Crippen LogP contribution in [-0.2, 0) is 10.3 Å². The fraction of sp³-hybridized carbons (Fsp3) is 0.350. The van der Waals surface area contributed by atoms with Crippen LogP contribution in [0.25, 0.3) is 0 Å². The molecule has 4 rings (SSSR count). The fourth-order valence-electron chi connectivity index (χ4n) is 4.18. The smallest absolute Gasteiger partial charge is 0.409 e. The third-order valence-electron chi connectivity index (χ3n) is 5.68. The van der Waals surface area contributed by atoms with Crippen LogP contribution in [0.2, 0.25) is 0 Å². The van der Waals surface area contributed by atoms with Crippen molar-refractivity contribution in [3.63, 3.8) is 0 Å². The molecule has 1 aromatic heterocycles. The maximum Gasteiger partial charge on any atom is 0.409 e. The Morgan fingerprint density at radius 1 is 1.43 bits per heavy atom. The van der Waals surface area contributed by atoms with Crippen molar-refractivity contribution in [2.24, 2.45) is 0 Å². The number of anilines is 3. The van der Waals surface area contributed by atoms with Crippen molar-refractivity contribution in [1.29, 1.82) is 0 Å². The highest BCUT2D eigenvalue weighted by atomic mass is 79.9. The van der Waals surface area contributed by atoms with E-state index in [9.17, 15) is 14.0 Å². The molecule has 2 aromatic rings. The minimum Gasteiger partial charge on any atom is -0.465 e. The Morgan fingerprint density at radius 2 is 2.23 bits per heavy atom. The Labute approximate surface area is 181 Å². The quantitative estimate of drug-likeness (QED) is 0.533. The number of carbonyl (C=O) groups excluding carboxylic acids is 1. The standard InChI is InChI=1S/C20H21BrFN5O3/c1-20(14-7-12(22)8-15(25-19(29)30)17(14)26-18(20)28)27-6-2-3-13(10-27)24-16-5-4-11(21)9-23-16/h4-5,7-9,13,25H,2-3,6,10H2,1H3,(H,23,24)(H,26,28)(H,29,30)/t13-,20?/m1/s1. The van der Waals surface area contributed by atoms with Gasteiger partial charge in [0.05, 0.1) is 11.4 Å². The first-order valence-electron chi connectivity index (χ1n) is 9.56. The molecule has 3 heterocycles. The molecule has 1 saturated heterocycles. The Hall–Kier alpha value is -2.72. The van der Waals surface area contributed by atoms with Crippen LogP contribution in [0.1, 0.15) is 25.3 Å². The molecule has 158 valence electrons. The molecule has 0 saturated carbocycles. The molecular weight excluding hydrogens is 457 g/mol. The normalized spacial score (nSPS) is 23.6. The van der Waals surface area contributed by atoms with Crippen molar-refractivity contribution in [2.45, 2.75) is 31.3 Å². The number of nitrogens with one attached hydrogen (secondary N) is 3. The minimum absolute atomic E-state index is 0.0281. The molecule has 2 amide bonds. The van der Waals surface area contributed by atoms with Crippen LogP contribution in [0.3, 0.4) is 0 Å². The summed E-state index contributed by atoms with van der Waals surface area (Å²) in [7, 11) is 0. The molecule has 2 atom stereocenters. The van der Waals surface area contributed by atoms with Gasteiger partial charge in [-0.1, -0.05) is 0 Å². The number of likely N-dealkylation sites (tertiary alicyclic amines) is 1. The fourth-order valence-corrected chi connectivity index (χ4v) is 4.42. The second kappa shape index (κ2) is 7.84. The van der Waals surface area contributed by atoms with Crippen molar-refractivity contribution >= 4 is 45.1 Å². The zero-order valence-electron chi connectivity index (χ0n) is 16.2. The number of carbonyl (C=O) groups is 2. The molecule has 1 unspecified atom stereocenters. The van der Waals surface area contributed by atoms with E-state index in [-0.39, 0.29) is 17.6 Å². The molecule has 1 aromatic carbocycles. The Bertz CT molecular complexity index is 1000. The minimum atomic E-state index is -1.32. The highest BCUT2D eigenvalue weighted by molar-refractivity contribution is 9.10. The van der Waals surface area contributed by atoms with Crippen molar-refractivity contribution in [3.8, 4) is 0 Å². The number of aromatic nitrogens is 1. The maximum absolute atomic E-state index is 14.3. The van der Waals surface area contributed by atoms with Crippen molar-refractivity contribution in [3.05, 3.63) is 46.3 Å². The molecule has 0 aliphatic carbocycles. The average Bonchev–Trinajstić information content (AvgIpc) is 2.96. The number of fused-ring (bicyclic) bond motifs is 1. The lowest BCUT2D eigenvalue weighted by molar-refractivity contribution is -0.127. The summed E-state index contributed by atoms with van der Waals surface area (Å²) in [6.45, 7) is 2.96. The second-order valence-corrected chi connectivity index (χ2v) is 8.54. The Kier molecular flexibility index (Phi) is 5.37. The first-order valence-corrected chi connectivity index (χ1v) is 10.3. The molecular formula is C20H21BrFN5O3. The predicted octanol–water partition coefficient (Wildman–Crippen LogP) is 3.82. The van der Waals surface area contributed by atoms with Gasteiger partial charge in [0.1, 0.15) is 17.2 Å². The molecule has 0 spiro atoms. The van der Waals surface area contributed by atoms with E-state index in [1.54, 1.807) is 13.1 Å². The van der Waals surface area contributed by atoms with Gasteiger partial charge in [-0.15, -0.1) is 0 Å². The number of nitrogens with zero attached hydrogens (tertiary/aromatic N) is 2. The lowest BCUT2D eigenvalue weighted by Gasteiger charge is -2.42. The number of hydrogen-bond acceptors (Lipinski definition) is 5. The summed E-state index contributed by atoms with van der Waals surface area (Å²) < 4.78 is 15.2. The summed E-state index contributed by atoms with van der Waals surface area (Å²) in [5, 5.41) is 17.4. The number of benzene rings is 1. The summed E-state index contributed by atoms with van der Waals surface area (Å²) in [6, 6.07) is 6.21. The van der Waals surface area contributed by atoms with E-state index in [0.717, 1.165) is 29.2 Å². The highest BCUT2D eigenvalue weighted by Gasteiger charge is 2.49. The molecule has 0 radical (unpaired) electrons. The number of piperidine rings is 1. The molecule has 0 bridgehead atoms. The van der Waals surface area contributed by atoms with Gasteiger partial charge < -0.3 is 15.7 Å². The van der Waals surface area contributed by atoms with Gasteiger partial charge in [0.2, 0.25) is 5.91 Å². The zero-order valence-corrected chi connectivity index (χ0v) is 17.8. The molecule has 2 aliphatic rings. The van der Waals surface area contributed by atoms with E-state index in [0.29, 0.717) is 24.3 Å². The first kappa shape index (κ1) is 20.5. The third-order valence-corrected chi connectivity index (χ3v) is 6.15. The van der Waals surface area contributed by atoms with Gasteiger partial charge in [0.25, 0.3) is 0 Å². The topological polar surface area (TPSA) is 107 Å². The van der Waals surface area contributed by atoms with Gasteiger partial charge in [-0.2, -0.15) is 0 Å². The monoisotopic (exact) mass is 477 g/mol. The van der Waals surface area contributed by atoms with Gasteiger partial charge in [-0.3, -0.25) is 15.0 Å². The highest BCUT2D eigenvalue weighted by Crippen LogP contribution is 2.45. The van der Waals surface area contributed by atoms with Crippen LogP contribution < -0.4 is 16.0 Å². The molecule has 10 heteroatoms. The van der Waals surface area contributed by atoms with Crippen molar-refractivity contribution in [2.75, 3.05) is 29.0 Å². The molecule has 8 nitrogen and oxygen atoms in total. The van der Waals surface area contributed by atoms with E-state index in [1.165, 1.54) is 6.07 Å². The molecule has 4 N–H and O–H groups in total. The number of amides is 2. The zero-order chi connectivity index (χ0) is 21.5. The summed E-state index contributed by atoms with van der Waals surface area (Å²) in [4.78, 5) is 30.5. The maximum atomic E-state index is 14.3. The average molecular weight is 478 g/mol. The number of pyridine rings is 1. The van der Waals surface area contributed by atoms with Gasteiger partial charge >= 0.3 is 6.09 Å². The lowest BCUT2D eigenvalue weighted by atomic mass is 9.88. The molecule has 1 fully saturated rings. The van der Waals surface area contributed by atoms with Crippen LogP contribution >= 0.6 is 15.9 Å². The van der Waals surface area contributed by atoms with Gasteiger partial charge in [0.15, 0.2) is 0 Å². The van der Waals surface area contributed by atoms with E-state index >= 15 is 0 Å².